The molecule has 0 atom stereocenters. The fourth-order valence-electron chi connectivity index (χ4n) is 3.36. The number of aromatic nitrogens is 3. The molecule has 4 aromatic rings. The second-order valence-corrected chi connectivity index (χ2v) is 7.48. The summed E-state index contributed by atoms with van der Waals surface area (Å²) in [7, 11) is 1.60. The van der Waals surface area contributed by atoms with Gasteiger partial charge in [0, 0.05) is 16.8 Å². The maximum absolute atomic E-state index is 12.9. The number of thiophene rings is 1. The van der Waals surface area contributed by atoms with Crippen LogP contribution in [-0.2, 0) is 17.8 Å². The highest BCUT2D eigenvalue weighted by atomic mass is 32.1. The molecule has 0 aliphatic rings. The summed E-state index contributed by atoms with van der Waals surface area (Å²) in [5, 5.41) is 10.0. The molecule has 8 heteroatoms. The number of nitrogens with zero attached hydrogens (tertiary/aromatic N) is 3. The van der Waals surface area contributed by atoms with Gasteiger partial charge in [0.15, 0.2) is 0 Å². The van der Waals surface area contributed by atoms with Crippen LogP contribution < -0.4 is 15.6 Å². The predicted octanol–water partition coefficient (Wildman–Crippen LogP) is 2.39. The van der Waals surface area contributed by atoms with Crippen molar-refractivity contribution in [2.24, 2.45) is 0 Å². The van der Waals surface area contributed by atoms with Gasteiger partial charge < -0.3 is 10.1 Å². The lowest BCUT2D eigenvalue weighted by Gasteiger charge is -2.09. The highest BCUT2D eigenvalue weighted by Gasteiger charge is 2.15. The van der Waals surface area contributed by atoms with Gasteiger partial charge in [0.25, 0.3) is 5.56 Å². The molecule has 7 nitrogen and oxygen atoms in total. The fourth-order valence-corrected chi connectivity index (χ4v) is 4.07. The topological polar surface area (TPSA) is 77.6 Å². The zero-order valence-electron chi connectivity index (χ0n) is 15.6. The maximum atomic E-state index is 12.9. The smallest absolute Gasteiger partial charge is 0.291 e. The Morgan fingerprint density at radius 3 is 2.86 bits per heavy atom. The molecule has 0 unspecified atom stereocenters. The predicted molar refractivity (Wildman–Crippen MR) is 109 cm³/mol. The average molecular weight is 396 g/mol. The highest BCUT2D eigenvalue weighted by Crippen LogP contribution is 2.28. The summed E-state index contributed by atoms with van der Waals surface area (Å²) in [6.07, 6.45) is 0.772. The van der Waals surface area contributed by atoms with Gasteiger partial charge in [0.1, 0.15) is 23.6 Å². The Morgan fingerprint density at radius 1 is 1.25 bits per heavy atom. The Labute approximate surface area is 165 Å². The van der Waals surface area contributed by atoms with Gasteiger partial charge in [-0.05, 0) is 43.0 Å². The number of rotatable bonds is 6. The molecule has 0 fully saturated rings. The van der Waals surface area contributed by atoms with Gasteiger partial charge in [0.05, 0.1) is 12.6 Å². The van der Waals surface area contributed by atoms with Crippen molar-refractivity contribution in [3.63, 3.8) is 0 Å². The third kappa shape index (κ3) is 3.27. The van der Waals surface area contributed by atoms with Crippen LogP contribution in [-0.4, -0.2) is 33.7 Å². The molecule has 0 bridgehead atoms. The third-order valence-electron chi connectivity index (χ3n) is 4.64. The molecule has 0 aliphatic carbocycles. The Bertz CT molecular complexity index is 1210. The van der Waals surface area contributed by atoms with Crippen molar-refractivity contribution in [1.29, 1.82) is 0 Å². The number of aryl methyl sites for hydroxylation is 1. The average Bonchev–Trinajstić information content (AvgIpc) is 3.33. The first-order valence-electron chi connectivity index (χ1n) is 8.93. The SMILES string of the molecule is COc1cccc2c1cc1c(=O)n(CC(=O)NCCc3cccs3)nc(C)n12. The third-order valence-corrected chi connectivity index (χ3v) is 5.57. The van der Waals surface area contributed by atoms with Crippen LogP contribution in [0.1, 0.15) is 10.7 Å². The van der Waals surface area contributed by atoms with E-state index in [1.807, 2.05) is 42.6 Å². The van der Waals surface area contributed by atoms with Crippen molar-refractivity contribution < 1.29 is 9.53 Å². The molecule has 0 radical (unpaired) electrons. The van der Waals surface area contributed by atoms with Crippen LogP contribution in [0.4, 0.5) is 0 Å². The van der Waals surface area contributed by atoms with Crippen LogP contribution in [0.25, 0.3) is 16.4 Å². The summed E-state index contributed by atoms with van der Waals surface area (Å²) in [5.41, 5.74) is 1.01. The van der Waals surface area contributed by atoms with Crippen molar-refractivity contribution in [1.82, 2.24) is 19.5 Å². The van der Waals surface area contributed by atoms with E-state index in [4.69, 9.17) is 4.74 Å². The van der Waals surface area contributed by atoms with E-state index in [9.17, 15) is 9.59 Å². The van der Waals surface area contributed by atoms with Crippen LogP contribution in [0.15, 0.2) is 46.6 Å². The maximum Gasteiger partial charge on any atom is 0.291 e. The second kappa shape index (κ2) is 7.47. The highest BCUT2D eigenvalue weighted by molar-refractivity contribution is 7.09. The monoisotopic (exact) mass is 396 g/mol. The first-order valence-corrected chi connectivity index (χ1v) is 9.81. The standard InChI is InChI=1S/C20H20N4O3S/c1-13-22-23(12-19(25)21-9-8-14-5-4-10-28-14)20(26)17-11-15-16(24(13)17)6-3-7-18(15)27-2/h3-7,10-11H,8-9,12H2,1-2H3,(H,21,25). The lowest BCUT2D eigenvalue weighted by molar-refractivity contribution is -0.121. The molecule has 1 amide bonds. The lowest BCUT2D eigenvalue weighted by Crippen LogP contribution is -2.35. The van der Waals surface area contributed by atoms with Crippen LogP contribution >= 0.6 is 11.3 Å². The van der Waals surface area contributed by atoms with Crippen molar-refractivity contribution in [3.05, 3.63) is 62.8 Å². The van der Waals surface area contributed by atoms with Crippen molar-refractivity contribution in [2.45, 2.75) is 19.9 Å². The quantitative estimate of drug-likeness (QED) is 0.543. The number of fused-ring (bicyclic) bond motifs is 3. The number of carbonyl (C=O) groups excluding carboxylic acids is 1. The Morgan fingerprint density at radius 2 is 2.11 bits per heavy atom. The summed E-state index contributed by atoms with van der Waals surface area (Å²) in [6, 6.07) is 11.5. The number of amides is 1. The van der Waals surface area contributed by atoms with Gasteiger partial charge in [-0.1, -0.05) is 12.1 Å². The first-order chi connectivity index (χ1) is 13.6. The summed E-state index contributed by atoms with van der Waals surface area (Å²) >= 11 is 1.66. The molecule has 28 heavy (non-hydrogen) atoms. The number of methoxy groups -OCH3 is 1. The molecule has 3 aromatic heterocycles. The van der Waals surface area contributed by atoms with Crippen LogP contribution in [0.2, 0.25) is 0 Å². The van der Waals surface area contributed by atoms with E-state index in [2.05, 4.69) is 10.4 Å². The number of nitrogens with one attached hydrogen (secondary N) is 1. The minimum Gasteiger partial charge on any atom is -0.496 e. The van der Waals surface area contributed by atoms with E-state index < -0.39 is 0 Å². The van der Waals surface area contributed by atoms with Crippen molar-refractivity contribution in [2.75, 3.05) is 13.7 Å². The molecule has 144 valence electrons. The van der Waals surface area contributed by atoms with E-state index in [1.165, 1.54) is 9.56 Å². The van der Waals surface area contributed by atoms with E-state index in [0.29, 0.717) is 23.6 Å². The number of hydrogen-bond acceptors (Lipinski definition) is 5. The second-order valence-electron chi connectivity index (χ2n) is 6.45. The Balaban J connectivity index is 1.61. The van der Waals surface area contributed by atoms with Crippen LogP contribution in [0.5, 0.6) is 5.75 Å². The van der Waals surface area contributed by atoms with Crippen LogP contribution in [0.3, 0.4) is 0 Å². The van der Waals surface area contributed by atoms with Gasteiger partial charge in [-0.15, -0.1) is 11.3 Å². The fraction of sp³-hybridized carbons (Fsp3) is 0.250. The van der Waals surface area contributed by atoms with Crippen molar-refractivity contribution in [3.8, 4) is 5.75 Å². The normalized spacial score (nSPS) is 11.2. The summed E-state index contributed by atoms with van der Waals surface area (Å²) in [6.45, 7) is 2.23. The zero-order chi connectivity index (χ0) is 19.7. The zero-order valence-corrected chi connectivity index (χ0v) is 16.5. The van der Waals surface area contributed by atoms with Gasteiger partial charge in [-0.3, -0.25) is 14.0 Å². The molecule has 0 aliphatic heterocycles. The number of hydrogen-bond donors (Lipinski definition) is 1. The number of benzene rings is 1. The molecule has 0 saturated carbocycles. The molecule has 0 saturated heterocycles. The Kier molecular flexibility index (Phi) is 4.87. The molecule has 1 aromatic carbocycles. The number of carbonyl (C=O) groups is 1. The largest absolute Gasteiger partial charge is 0.496 e. The van der Waals surface area contributed by atoms with Gasteiger partial charge >= 0.3 is 0 Å². The van der Waals surface area contributed by atoms with E-state index in [1.54, 1.807) is 28.9 Å². The minimum absolute atomic E-state index is 0.112. The molecular formula is C20H20N4O3S. The molecule has 3 heterocycles. The molecular weight excluding hydrogens is 376 g/mol. The van der Waals surface area contributed by atoms with E-state index >= 15 is 0 Å². The molecule has 0 spiro atoms. The first kappa shape index (κ1) is 18.2. The van der Waals surface area contributed by atoms with Crippen molar-refractivity contribution >= 4 is 33.7 Å². The van der Waals surface area contributed by atoms with Gasteiger partial charge in [-0.25, -0.2) is 4.68 Å². The van der Waals surface area contributed by atoms with Crippen LogP contribution in [0, 0.1) is 6.92 Å². The Hall–Kier alpha value is -3.13. The van der Waals surface area contributed by atoms with Gasteiger partial charge in [0.2, 0.25) is 5.91 Å². The summed E-state index contributed by atoms with van der Waals surface area (Å²) in [5.74, 6) is 1.09. The number of ether oxygens (including phenoxy) is 1. The van der Waals surface area contributed by atoms with Gasteiger partial charge in [-0.2, -0.15) is 5.10 Å². The minimum atomic E-state index is -0.308. The molecule has 4 rings (SSSR count). The molecule has 1 N–H and O–H groups in total. The van der Waals surface area contributed by atoms with E-state index in [0.717, 1.165) is 17.3 Å². The summed E-state index contributed by atoms with van der Waals surface area (Å²) < 4.78 is 8.42. The van der Waals surface area contributed by atoms with E-state index in [-0.39, 0.29) is 18.0 Å². The summed E-state index contributed by atoms with van der Waals surface area (Å²) in [4.78, 5) is 26.4. The lowest BCUT2D eigenvalue weighted by atomic mass is 10.2.